The maximum absolute atomic E-state index is 13.1. The van der Waals surface area contributed by atoms with Crippen LogP contribution >= 0.6 is 0 Å². The zero-order valence-corrected chi connectivity index (χ0v) is 17.0. The van der Waals surface area contributed by atoms with E-state index in [1.807, 2.05) is 0 Å². The van der Waals surface area contributed by atoms with Crippen LogP contribution in [0.4, 0.5) is 4.39 Å². The van der Waals surface area contributed by atoms with Crippen LogP contribution in [0.3, 0.4) is 0 Å². The van der Waals surface area contributed by atoms with Crippen LogP contribution in [0.1, 0.15) is 41.6 Å². The van der Waals surface area contributed by atoms with Crippen LogP contribution in [0, 0.1) is 5.82 Å². The van der Waals surface area contributed by atoms with E-state index in [1.165, 1.54) is 23.3 Å². The molecule has 0 bridgehead atoms. The average molecular weight is 405 g/mol. The van der Waals surface area contributed by atoms with E-state index in [-0.39, 0.29) is 5.82 Å². The van der Waals surface area contributed by atoms with Crippen molar-refractivity contribution in [1.82, 2.24) is 10.6 Å². The lowest BCUT2D eigenvalue weighted by molar-refractivity contribution is 0.164. The van der Waals surface area contributed by atoms with Crippen LogP contribution in [0.5, 0.6) is 0 Å². The van der Waals surface area contributed by atoms with Gasteiger partial charge in [-0.25, -0.2) is 4.39 Å². The first-order valence-electron chi connectivity index (χ1n) is 10.7. The van der Waals surface area contributed by atoms with Gasteiger partial charge in [0.05, 0.1) is 6.10 Å². The van der Waals surface area contributed by atoms with E-state index >= 15 is 0 Å². The zero-order valence-electron chi connectivity index (χ0n) is 17.0. The van der Waals surface area contributed by atoms with Gasteiger partial charge in [0, 0.05) is 31.1 Å². The minimum absolute atomic E-state index is 0.284. The van der Waals surface area contributed by atoms with Gasteiger partial charge in [-0.2, -0.15) is 0 Å². The van der Waals surface area contributed by atoms with Gasteiger partial charge in [-0.3, -0.25) is 0 Å². The van der Waals surface area contributed by atoms with Crippen molar-refractivity contribution in [3.63, 3.8) is 0 Å². The molecule has 0 aromatic heterocycles. The predicted molar refractivity (Wildman–Crippen MR) is 119 cm³/mol. The summed E-state index contributed by atoms with van der Waals surface area (Å²) >= 11 is 0. The van der Waals surface area contributed by atoms with Crippen molar-refractivity contribution in [3.8, 4) is 0 Å². The van der Waals surface area contributed by atoms with Crippen molar-refractivity contribution in [1.29, 1.82) is 0 Å². The summed E-state index contributed by atoms with van der Waals surface area (Å²) in [4.78, 5) is 0. The smallest absolute Gasteiger partial charge is 0.123 e. The largest absolute Gasteiger partial charge is 0.387 e. The van der Waals surface area contributed by atoms with Gasteiger partial charge in [0.25, 0.3) is 0 Å². The minimum Gasteiger partial charge on any atom is -0.387 e. The van der Waals surface area contributed by atoms with E-state index in [1.54, 1.807) is 12.1 Å². The Balaban J connectivity index is 1.36. The number of hydrogen-bond donors (Lipinski definition) is 3. The lowest BCUT2D eigenvalue weighted by atomic mass is 9.81. The molecule has 3 aromatic rings. The summed E-state index contributed by atoms with van der Waals surface area (Å²) in [6.45, 7) is 1.32. The summed E-state index contributed by atoms with van der Waals surface area (Å²) in [5, 5.41) is 17.6. The quantitative estimate of drug-likeness (QED) is 0.547. The summed E-state index contributed by atoms with van der Waals surface area (Å²) < 4.78 is 13.1. The molecule has 0 spiro atoms. The zero-order chi connectivity index (χ0) is 20.8. The van der Waals surface area contributed by atoms with E-state index in [9.17, 15) is 9.50 Å². The number of halogens is 1. The van der Waals surface area contributed by atoms with Crippen LogP contribution < -0.4 is 10.6 Å². The summed E-state index contributed by atoms with van der Waals surface area (Å²) in [5.74, 6) is 0.0333. The Morgan fingerprint density at radius 1 is 0.833 bits per heavy atom. The van der Waals surface area contributed by atoms with Gasteiger partial charge < -0.3 is 15.7 Å². The van der Waals surface area contributed by atoms with Crippen LogP contribution in [-0.4, -0.2) is 30.3 Å². The number of benzene rings is 3. The molecule has 3 aromatic carbocycles. The fourth-order valence-electron chi connectivity index (χ4n) is 4.40. The van der Waals surface area contributed by atoms with Gasteiger partial charge in [-0.05, 0) is 41.7 Å². The highest BCUT2D eigenvalue weighted by Gasteiger charge is 2.29. The molecule has 0 amide bonds. The fourth-order valence-corrected chi connectivity index (χ4v) is 4.40. The first kappa shape index (κ1) is 20.7. The van der Waals surface area contributed by atoms with E-state index in [0.29, 0.717) is 24.5 Å². The topological polar surface area (TPSA) is 44.3 Å². The van der Waals surface area contributed by atoms with Crippen LogP contribution in [-0.2, 0) is 0 Å². The molecule has 4 rings (SSSR count). The minimum atomic E-state index is -0.635. The third-order valence-corrected chi connectivity index (χ3v) is 6.03. The molecule has 156 valence electrons. The first-order chi connectivity index (χ1) is 14.7. The maximum Gasteiger partial charge on any atom is 0.123 e. The Kier molecular flexibility index (Phi) is 6.90. The van der Waals surface area contributed by atoms with Crippen molar-refractivity contribution in [2.24, 2.45) is 0 Å². The molecule has 1 aliphatic heterocycles. The lowest BCUT2D eigenvalue weighted by Crippen LogP contribution is -2.50. The Bertz CT molecular complexity index is 854. The maximum atomic E-state index is 13.1. The van der Waals surface area contributed by atoms with Crippen molar-refractivity contribution in [2.45, 2.75) is 36.9 Å². The third kappa shape index (κ3) is 5.14. The van der Waals surface area contributed by atoms with Crippen LogP contribution in [0.25, 0.3) is 0 Å². The molecule has 1 fully saturated rings. The van der Waals surface area contributed by atoms with E-state index in [0.717, 1.165) is 24.9 Å². The molecule has 1 aliphatic rings. The normalized spacial score (nSPS) is 20.2. The molecule has 1 saturated heterocycles. The molecule has 3 atom stereocenters. The van der Waals surface area contributed by atoms with Crippen LogP contribution in [0.2, 0.25) is 0 Å². The first-order valence-corrected chi connectivity index (χ1v) is 10.7. The molecule has 1 heterocycles. The summed E-state index contributed by atoms with van der Waals surface area (Å²) in [6, 6.07) is 28.1. The van der Waals surface area contributed by atoms with Crippen molar-refractivity contribution in [3.05, 3.63) is 107 Å². The Morgan fingerprint density at radius 2 is 1.43 bits per heavy atom. The van der Waals surface area contributed by atoms with Crippen molar-refractivity contribution < 1.29 is 9.50 Å². The average Bonchev–Trinajstić information content (AvgIpc) is 2.80. The number of aliphatic hydroxyl groups is 1. The predicted octanol–water partition coefficient (Wildman–Crippen LogP) is 4.40. The Morgan fingerprint density at radius 3 is 1.97 bits per heavy atom. The van der Waals surface area contributed by atoms with Gasteiger partial charge in [0.2, 0.25) is 0 Å². The standard InChI is InChI=1S/C26H29FN2O/c27-22-13-11-19(12-14-22)25(30)18-28-23-15-16-24(29-17-23)26(20-7-3-1-4-8-20)21-9-5-2-6-10-21/h1-14,23-26,28-30H,15-18H2/t23?,24?,25-/m0/s1. The van der Waals surface area contributed by atoms with Gasteiger partial charge in [-0.15, -0.1) is 0 Å². The van der Waals surface area contributed by atoms with Gasteiger partial charge in [-0.1, -0.05) is 72.8 Å². The van der Waals surface area contributed by atoms with Gasteiger partial charge in [0.15, 0.2) is 0 Å². The summed E-state index contributed by atoms with van der Waals surface area (Å²) in [5.41, 5.74) is 3.40. The molecule has 3 nitrogen and oxygen atoms in total. The van der Waals surface area contributed by atoms with Gasteiger partial charge >= 0.3 is 0 Å². The number of piperidine rings is 1. The molecule has 0 saturated carbocycles. The second-order valence-corrected chi connectivity index (χ2v) is 8.06. The molecule has 4 heteroatoms. The SMILES string of the molecule is O[C@@H](CNC1CCC(C(c2ccccc2)c2ccccc2)NC1)c1ccc(F)cc1. The second-order valence-electron chi connectivity index (χ2n) is 8.06. The molecule has 2 unspecified atom stereocenters. The summed E-state index contributed by atoms with van der Waals surface area (Å²) in [7, 11) is 0. The highest BCUT2D eigenvalue weighted by atomic mass is 19.1. The second kappa shape index (κ2) is 9.98. The van der Waals surface area contributed by atoms with E-state index in [2.05, 4.69) is 71.3 Å². The number of rotatable bonds is 7. The number of aliphatic hydroxyl groups excluding tert-OH is 1. The molecule has 0 aliphatic carbocycles. The monoisotopic (exact) mass is 404 g/mol. The van der Waals surface area contributed by atoms with Crippen molar-refractivity contribution in [2.75, 3.05) is 13.1 Å². The molecule has 0 radical (unpaired) electrons. The van der Waals surface area contributed by atoms with Crippen LogP contribution in [0.15, 0.2) is 84.9 Å². The Labute approximate surface area is 178 Å². The Hall–Kier alpha value is -2.53. The summed E-state index contributed by atoms with van der Waals surface area (Å²) in [6.07, 6.45) is 1.47. The van der Waals surface area contributed by atoms with Gasteiger partial charge in [0.1, 0.15) is 5.82 Å². The molecular weight excluding hydrogens is 375 g/mol. The molecular formula is C26H29FN2O. The number of hydrogen-bond acceptors (Lipinski definition) is 3. The third-order valence-electron chi connectivity index (χ3n) is 6.03. The molecule has 30 heavy (non-hydrogen) atoms. The highest BCUT2D eigenvalue weighted by Crippen LogP contribution is 2.31. The lowest BCUT2D eigenvalue weighted by Gasteiger charge is -2.36. The highest BCUT2D eigenvalue weighted by molar-refractivity contribution is 5.34. The molecule has 3 N–H and O–H groups in total. The van der Waals surface area contributed by atoms with Crippen molar-refractivity contribution >= 4 is 0 Å². The fraction of sp³-hybridized carbons (Fsp3) is 0.308. The van der Waals surface area contributed by atoms with E-state index < -0.39 is 6.10 Å². The van der Waals surface area contributed by atoms with E-state index in [4.69, 9.17) is 0 Å². The number of nitrogens with one attached hydrogen (secondary N) is 2.